The molecule has 0 spiro atoms. The van der Waals surface area contributed by atoms with Gasteiger partial charge in [0.1, 0.15) is 43.1 Å². The highest BCUT2D eigenvalue weighted by Crippen LogP contribution is 2.32. The summed E-state index contributed by atoms with van der Waals surface area (Å²) < 4.78 is 63.1. The van der Waals surface area contributed by atoms with Gasteiger partial charge in [0.25, 0.3) is 0 Å². The number of nitriles is 1. The van der Waals surface area contributed by atoms with Crippen LogP contribution in [0.2, 0.25) is 0 Å². The molecule has 12 heteroatoms. The Bertz CT molecular complexity index is 987. The number of hydrogen-bond donors (Lipinski definition) is 3. The number of amides is 1. The predicted octanol–water partition coefficient (Wildman–Crippen LogP) is 1.76. The fourth-order valence-electron chi connectivity index (χ4n) is 4.07. The fourth-order valence-corrected chi connectivity index (χ4v) is 4.07. The number of ether oxygens (including phenoxy) is 4. The molecule has 3 N–H and O–H groups in total. The number of fused-ring (bicyclic) bond motifs is 1. The van der Waals surface area contributed by atoms with Crippen LogP contribution in [-0.2, 0) is 19.0 Å². The third-order valence-corrected chi connectivity index (χ3v) is 5.93. The first kappa shape index (κ1) is 27.9. The minimum atomic E-state index is -1.49. The van der Waals surface area contributed by atoms with Gasteiger partial charge in [0.2, 0.25) is 5.91 Å². The number of halogens is 3. The van der Waals surface area contributed by atoms with Crippen molar-refractivity contribution >= 4 is 12.0 Å². The summed E-state index contributed by atoms with van der Waals surface area (Å²) in [7, 11) is 0. The zero-order chi connectivity index (χ0) is 26.2. The Balaban J connectivity index is 1.73. The first-order chi connectivity index (χ1) is 17.3. The van der Waals surface area contributed by atoms with Gasteiger partial charge in [-0.3, -0.25) is 9.18 Å². The van der Waals surface area contributed by atoms with Crippen LogP contribution in [0.4, 0.5) is 13.2 Å². The van der Waals surface area contributed by atoms with E-state index in [-0.39, 0.29) is 49.7 Å². The van der Waals surface area contributed by atoms with Gasteiger partial charge in [-0.1, -0.05) is 0 Å². The number of carbonyl (C=O) groups excluding carboxylic acids is 1. The molecular weight excluding hydrogens is 485 g/mol. The average molecular weight is 514 g/mol. The van der Waals surface area contributed by atoms with Gasteiger partial charge >= 0.3 is 0 Å². The van der Waals surface area contributed by atoms with Crippen molar-refractivity contribution in [2.45, 2.75) is 62.7 Å². The molecule has 3 rings (SSSR count). The molecule has 0 bridgehead atoms. The van der Waals surface area contributed by atoms with Gasteiger partial charge in [-0.05, 0) is 31.9 Å². The molecule has 1 aliphatic carbocycles. The van der Waals surface area contributed by atoms with Crippen molar-refractivity contribution in [1.29, 1.82) is 5.26 Å². The smallest absolute Gasteiger partial charge is 0.247 e. The largest absolute Gasteiger partial charge is 0.490 e. The third-order valence-electron chi connectivity index (χ3n) is 5.93. The van der Waals surface area contributed by atoms with Crippen LogP contribution in [-0.4, -0.2) is 79.4 Å². The average Bonchev–Trinajstić information content (AvgIpc) is 3.34. The van der Waals surface area contributed by atoms with Gasteiger partial charge in [0.05, 0.1) is 25.4 Å². The second-order valence-corrected chi connectivity index (χ2v) is 8.48. The normalized spacial score (nSPS) is 27.9. The number of alkyl halides is 1. The van der Waals surface area contributed by atoms with Gasteiger partial charge in [-0.15, -0.1) is 0 Å². The van der Waals surface area contributed by atoms with Gasteiger partial charge in [0, 0.05) is 30.2 Å². The minimum absolute atomic E-state index is 0.0207. The Labute approximate surface area is 206 Å². The molecule has 6 atom stereocenters. The molecule has 1 saturated heterocycles. The van der Waals surface area contributed by atoms with E-state index in [0.29, 0.717) is 6.42 Å². The molecule has 1 aliphatic heterocycles. The summed E-state index contributed by atoms with van der Waals surface area (Å²) in [6.07, 6.45) is -3.77. The highest BCUT2D eigenvalue weighted by atomic mass is 19.1. The maximum absolute atomic E-state index is 14.6. The Morgan fingerprint density at radius 1 is 1.19 bits per heavy atom. The molecule has 0 unspecified atom stereocenters. The lowest BCUT2D eigenvalue weighted by molar-refractivity contribution is -0.169. The summed E-state index contributed by atoms with van der Waals surface area (Å²) >= 11 is 0. The zero-order valence-electron chi connectivity index (χ0n) is 19.7. The Morgan fingerprint density at radius 3 is 2.67 bits per heavy atom. The molecule has 0 aromatic heterocycles. The zero-order valence-corrected chi connectivity index (χ0v) is 19.7. The van der Waals surface area contributed by atoms with Crippen molar-refractivity contribution in [2.75, 3.05) is 26.7 Å². The van der Waals surface area contributed by atoms with Crippen LogP contribution in [0.1, 0.15) is 31.7 Å². The van der Waals surface area contributed by atoms with E-state index in [1.165, 1.54) is 6.92 Å². The number of nitrogens with one attached hydrogen (secondary N) is 1. The molecule has 1 saturated carbocycles. The van der Waals surface area contributed by atoms with Crippen LogP contribution >= 0.6 is 0 Å². The van der Waals surface area contributed by atoms with Crippen LogP contribution in [0.5, 0.6) is 5.75 Å². The minimum Gasteiger partial charge on any atom is -0.490 e. The van der Waals surface area contributed by atoms with Crippen LogP contribution in [0.15, 0.2) is 17.7 Å². The monoisotopic (exact) mass is 514 g/mol. The number of rotatable bonds is 11. The molecule has 198 valence electrons. The molecule has 1 aromatic rings. The molecule has 1 amide bonds. The van der Waals surface area contributed by atoms with Crippen molar-refractivity contribution in [3.05, 3.63) is 34.9 Å². The SMILES string of the molecule is C/C(=C\c1cc(F)c(OCCCC#N)cc1F)C(=O)N[C@@H]1[C@H](O)[C@@H](O)[C@H]2OCO[C@H]2[C@@H]1OCCCF. The Morgan fingerprint density at radius 2 is 1.94 bits per heavy atom. The molecule has 1 heterocycles. The number of benzene rings is 1. The van der Waals surface area contributed by atoms with Crippen molar-refractivity contribution < 1.29 is 47.1 Å². The van der Waals surface area contributed by atoms with E-state index in [4.69, 9.17) is 24.2 Å². The second kappa shape index (κ2) is 13.0. The Hall–Kier alpha value is -2.69. The van der Waals surface area contributed by atoms with E-state index in [0.717, 1.165) is 18.2 Å². The Kier molecular flexibility index (Phi) is 10.1. The number of aliphatic hydroxyl groups is 2. The highest BCUT2D eigenvalue weighted by Gasteiger charge is 2.54. The number of nitrogens with zero attached hydrogens (tertiary/aromatic N) is 1. The lowest BCUT2D eigenvalue weighted by atomic mass is 9.82. The molecule has 9 nitrogen and oxygen atoms in total. The summed E-state index contributed by atoms with van der Waals surface area (Å²) in [5, 5.41) is 32.1. The van der Waals surface area contributed by atoms with Gasteiger partial charge in [-0.25, -0.2) is 8.78 Å². The van der Waals surface area contributed by atoms with Crippen molar-refractivity contribution in [3.8, 4) is 11.8 Å². The molecule has 36 heavy (non-hydrogen) atoms. The molecule has 1 aromatic carbocycles. The fraction of sp³-hybridized carbons (Fsp3) is 0.583. The third kappa shape index (κ3) is 6.54. The molecule has 2 fully saturated rings. The van der Waals surface area contributed by atoms with E-state index < -0.39 is 60.8 Å². The maximum Gasteiger partial charge on any atom is 0.247 e. The standard InChI is InChI=1S/C24H29F3N2O7/c1-13(9-14-10-16(27)17(11-15(14)26)33-7-3-2-6-28)24(32)29-18-19(30)20(31)22-23(36-12-35-22)21(18)34-8-4-5-25/h9-11,18-23,30-31H,2-5,7-8,12H2,1H3,(H,29,32)/b13-9+/t18-,19+,20-,21-,22-,23+/m1/s1. The van der Waals surface area contributed by atoms with Crippen LogP contribution in [0, 0.1) is 23.0 Å². The maximum atomic E-state index is 14.6. The molecule has 0 radical (unpaired) electrons. The topological polar surface area (TPSA) is 130 Å². The summed E-state index contributed by atoms with van der Waals surface area (Å²) in [6.45, 7) is 0.606. The quantitative estimate of drug-likeness (QED) is 0.301. The molecular formula is C24H29F3N2O7. The molecule has 2 aliphatic rings. The van der Waals surface area contributed by atoms with Crippen molar-refractivity contribution in [2.24, 2.45) is 0 Å². The van der Waals surface area contributed by atoms with E-state index in [1.807, 2.05) is 6.07 Å². The van der Waals surface area contributed by atoms with Crippen molar-refractivity contribution in [3.63, 3.8) is 0 Å². The van der Waals surface area contributed by atoms with Gasteiger partial charge in [0.15, 0.2) is 11.6 Å². The van der Waals surface area contributed by atoms with Crippen LogP contribution in [0.3, 0.4) is 0 Å². The number of hydrogen-bond acceptors (Lipinski definition) is 8. The lowest BCUT2D eigenvalue weighted by Crippen LogP contribution is -2.68. The van der Waals surface area contributed by atoms with E-state index in [9.17, 15) is 28.2 Å². The number of aliphatic hydroxyl groups excluding tert-OH is 2. The van der Waals surface area contributed by atoms with Crippen molar-refractivity contribution in [1.82, 2.24) is 5.32 Å². The number of carbonyl (C=O) groups is 1. The summed E-state index contributed by atoms with van der Waals surface area (Å²) in [5.41, 5.74) is -0.233. The number of unbranched alkanes of at least 4 members (excludes halogenated alkanes) is 1. The van der Waals surface area contributed by atoms with E-state index in [1.54, 1.807) is 0 Å². The van der Waals surface area contributed by atoms with Crippen LogP contribution < -0.4 is 10.1 Å². The van der Waals surface area contributed by atoms with E-state index in [2.05, 4.69) is 5.32 Å². The second-order valence-electron chi connectivity index (χ2n) is 8.48. The van der Waals surface area contributed by atoms with Crippen LogP contribution in [0.25, 0.3) is 6.08 Å². The van der Waals surface area contributed by atoms with Gasteiger partial charge < -0.3 is 34.5 Å². The lowest BCUT2D eigenvalue weighted by Gasteiger charge is -2.43. The predicted molar refractivity (Wildman–Crippen MR) is 119 cm³/mol. The summed E-state index contributed by atoms with van der Waals surface area (Å²) in [4.78, 5) is 12.9. The first-order valence-electron chi connectivity index (χ1n) is 11.5. The van der Waals surface area contributed by atoms with E-state index >= 15 is 0 Å². The first-order valence-corrected chi connectivity index (χ1v) is 11.5. The summed E-state index contributed by atoms with van der Waals surface area (Å²) in [6, 6.07) is 2.50. The highest BCUT2D eigenvalue weighted by molar-refractivity contribution is 5.97. The summed E-state index contributed by atoms with van der Waals surface area (Å²) in [5.74, 6) is -2.73. The van der Waals surface area contributed by atoms with Gasteiger partial charge in [-0.2, -0.15) is 5.26 Å².